The van der Waals surface area contributed by atoms with Gasteiger partial charge in [0.15, 0.2) is 0 Å². The third-order valence-corrected chi connectivity index (χ3v) is 3.25. The van der Waals surface area contributed by atoms with Crippen LogP contribution < -0.4 is 0 Å². The fourth-order valence-corrected chi connectivity index (χ4v) is 1.94. The third kappa shape index (κ3) is 1.61. The van der Waals surface area contributed by atoms with Gasteiger partial charge in [0, 0.05) is 3.57 Å². The van der Waals surface area contributed by atoms with Crippen molar-refractivity contribution in [2.45, 2.75) is 6.92 Å². The van der Waals surface area contributed by atoms with Gasteiger partial charge in [-0.2, -0.15) is 0 Å². The molecule has 9 heavy (non-hydrogen) atoms. The normalized spacial score (nSPS) is 9.44. The van der Waals surface area contributed by atoms with Gasteiger partial charge in [-0.05, 0) is 18.6 Å². The molecular formula is C8H9I. The Bertz CT molecular complexity index is 216. The number of hydrogen-bond acceptors (Lipinski definition) is 0. The number of rotatable bonds is 1. The smallest absolute Gasteiger partial charge is 0.0101 e. The zero-order valence-electron chi connectivity index (χ0n) is 5.39. The summed E-state index contributed by atoms with van der Waals surface area (Å²) >= 11 is 0.0376. The topological polar surface area (TPSA) is 0 Å². The Kier molecular flexibility index (Phi) is 2.39. The second kappa shape index (κ2) is 3.11. The van der Waals surface area contributed by atoms with Gasteiger partial charge in [0.05, 0.1) is 0 Å². The van der Waals surface area contributed by atoms with E-state index in [2.05, 4.69) is 35.7 Å². The summed E-state index contributed by atoms with van der Waals surface area (Å²) in [5.41, 5.74) is 1.39. The highest BCUT2D eigenvalue weighted by Crippen LogP contribution is 2.12. The quantitative estimate of drug-likeness (QED) is 0.653. The maximum Gasteiger partial charge on any atom is 0.0101 e. The van der Waals surface area contributed by atoms with Crippen LogP contribution in [0.3, 0.4) is 0 Å². The molecule has 0 amide bonds. The first-order valence-electron chi connectivity index (χ1n) is 2.78. The van der Waals surface area contributed by atoms with Gasteiger partial charge in [-0.15, -0.1) is 0 Å². The molecule has 0 spiro atoms. The molecule has 0 saturated carbocycles. The minimum Gasteiger partial charge on any atom is -0.0934 e. The average Bonchev–Trinajstić information content (AvgIpc) is 1.89. The van der Waals surface area contributed by atoms with E-state index in [0.717, 1.165) is 0 Å². The summed E-state index contributed by atoms with van der Waals surface area (Å²) in [5.74, 6) is 0. The van der Waals surface area contributed by atoms with Crippen molar-refractivity contribution >= 4 is 25.2 Å². The molecule has 0 fully saturated rings. The van der Waals surface area contributed by atoms with E-state index in [1.165, 1.54) is 9.13 Å². The largest absolute Gasteiger partial charge is 0.0934 e. The molecule has 1 aromatic rings. The molecule has 1 rings (SSSR count). The predicted molar refractivity (Wildman–Crippen MR) is 51.0 cm³/mol. The zero-order chi connectivity index (χ0) is 6.69. The van der Waals surface area contributed by atoms with Gasteiger partial charge in [0.25, 0.3) is 0 Å². The Morgan fingerprint density at radius 1 is 1.33 bits per heavy atom. The van der Waals surface area contributed by atoms with Crippen molar-refractivity contribution in [3.05, 3.63) is 33.4 Å². The number of benzene rings is 1. The van der Waals surface area contributed by atoms with E-state index >= 15 is 0 Å². The van der Waals surface area contributed by atoms with Crippen LogP contribution >= 0.6 is 20.7 Å². The van der Waals surface area contributed by atoms with E-state index < -0.39 is 0 Å². The Labute approximate surface area is 65.7 Å². The van der Waals surface area contributed by atoms with Crippen molar-refractivity contribution in [3.63, 3.8) is 0 Å². The summed E-state index contributed by atoms with van der Waals surface area (Å²) in [6.07, 6.45) is 0. The zero-order valence-corrected chi connectivity index (χ0v) is 7.55. The van der Waals surface area contributed by atoms with Gasteiger partial charge in [-0.25, -0.2) is 0 Å². The second-order valence-corrected chi connectivity index (χ2v) is 3.81. The summed E-state index contributed by atoms with van der Waals surface area (Å²) in [4.78, 5) is 0. The highest BCUT2D eigenvalue weighted by Gasteiger charge is 1.87. The molecule has 0 saturated heterocycles. The highest BCUT2D eigenvalue weighted by molar-refractivity contribution is 14.2. The van der Waals surface area contributed by atoms with Gasteiger partial charge in [-0.3, -0.25) is 0 Å². The molecule has 1 heteroatoms. The lowest BCUT2D eigenvalue weighted by Gasteiger charge is -1.94. The molecule has 0 N–H and O–H groups in total. The minimum absolute atomic E-state index is 0.0376. The van der Waals surface area contributed by atoms with Crippen LogP contribution in [0, 0.1) is 10.5 Å². The van der Waals surface area contributed by atoms with Crippen LogP contribution in [0.5, 0.6) is 0 Å². The first kappa shape index (κ1) is 6.93. The summed E-state index contributed by atoms with van der Waals surface area (Å²) in [6, 6.07) is 8.45. The van der Waals surface area contributed by atoms with E-state index in [1.54, 1.807) is 0 Å². The lowest BCUT2D eigenvalue weighted by Crippen LogP contribution is -1.75. The van der Waals surface area contributed by atoms with Crippen LogP contribution in [-0.2, 0) is 0 Å². The molecule has 1 aromatic carbocycles. The Morgan fingerprint density at radius 2 is 2.00 bits per heavy atom. The molecule has 0 heterocycles. The summed E-state index contributed by atoms with van der Waals surface area (Å²) in [5, 5.41) is 0. The number of halogens is 1. The van der Waals surface area contributed by atoms with Crippen LogP contribution in [0.4, 0.5) is 0 Å². The van der Waals surface area contributed by atoms with E-state index in [-0.39, 0.29) is 20.7 Å². The van der Waals surface area contributed by atoms with E-state index in [9.17, 15) is 0 Å². The molecule has 0 atom stereocenters. The van der Waals surface area contributed by atoms with Gasteiger partial charge < -0.3 is 0 Å². The summed E-state index contributed by atoms with van der Waals surface area (Å²) < 4.78 is 5.38. The molecule has 0 aliphatic heterocycles. The molecule has 0 aliphatic carbocycles. The predicted octanol–water partition coefficient (Wildman–Crippen LogP) is 2.57. The van der Waals surface area contributed by atoms with Gasteiger partial charge in [-0.1, -0.05) is 43.4 Å². The van der Waals surface area contributed by atoms with Crippen LogP contribution in [0.25, 0.3) is 0 Å². The fourth-order valence-electron chi connectivity index (χ4n) is 0.701. The number of aryl methyl sites for hydroxylation is 1. The maximum absolute atomic E-state index is 3.93. The van der Waals surface area contributed by atoms with Crippen molar-refractivity contribution in [3.8, 4) is 0 Å². The lowest BCUT2D eigenvalue weighted by atomic mass is 10.2. The third-order valence-electron chi connectivity index (χ3n) is 1.22. The van der Waals surface area contributed by atoms with Gasteiger partial charge in [0.1, 0.15) is 0 Å². The van der Waals surface area contributed by atoms with Crippen LogP contribution in [-0.4, -0.2) is 4.51 Å². The monoisotopic (exact) mass is 232 g/mol. The lowest BCUT2D eigenvalue weighted by molar-refractivity contribution is 1.43. The van der Waals surface area contributed by atoms with Crippen molar-refractivity contribution in [2.75, 3.05) is 0 Å². The minimum atomic E-state index is 0.0376. The van der Waals surface area contributed by atoms with Gasteiger partial charge >= 0.3 is 0 Å². The highest BCUT2D eigenvalue weighted by atomic mass is 127. The van der Waals surface area contributed by atoms with E-state index in [4.69, 9.17) is 0 Å². The molecule has 0 nitrogen and oxygen atoms in total. The SMILES string of the molecule is C=Ic1ccccc1C. The standard InChI is InChI=1S/C8H9I/c1-7-5-3-4-6-8(7)9-2/h3-6H,2H2,1H3. The molecule has 0 radical (unpaired) electrons. The van der Waals surface area contributed by atoms with Crippen LogP contribution in [0.15, 0.2) is 24.3 Å². The molecule has 0 aliphatic rings. The molecule has 0 bridgehead atoms. The molecule has 0 aromatic heterocycles. The first-order chi connectivity index (χ1) is 4.34. The van der Waals surface area contributed by atoms with E-state index in [0.29, 0.717) is 0 Å². The molecule has 48 valence electrons. The Hall–Kier alpha value is -0.180. The second-order valence-electron chi connectivity index (χ2n) is 1.88. The molecule has 0 unspecified atom stereocenters. The molecular weight excluding hydrogens is 223 g/mol. The maximum atomic E-state index is 3.93. The van der Waals surface area contributed by atoms with Crippen molar-refractivity contribution in [1.29, 1.82) is 0 Å². The first-order valence-corrected chi connectivity index (χ1v) is 5.39. The van der Waals surface area contributed by atoms with Crippen LogP contribution in [0.1, 0.15) is 5.56 Å². The van der Waals surface area contributed by atoms with Crippen molar-refractivity contribution in [1.82, 2.24) is 0 Å². The average molecular weight is 232 g/mol. The number of hydrogen-bond donors (Lipinski definition) is 0. The summed E-state index contributed by atoms with van der Waals surface area (Å²) in [6.45, 7) is 2.14. The van der Waals surface area contributed by atoms with Crippen molar-refractivity contribution < 1.29 is 0 Å². The fraction of sp³-hybridized carbons (Fsp3) is 0.125. The van der Waals surface area contributed by atoms with E-state index in [1.807, 2.05) is 0 Å². The van der Waals surface area contributed by atoms with Crippen molar-refractivity contribution in [2.24, 2.45) is 0 Å². The Morgan fingerprint density at radius 3 is 2.44 bits per heavy atom. The Balaban J connectivity index is 3.15. The summed E-state index contributed by atoms with van der Waals surface area (Å²) in [7, 11) is 0. The van der Waals surface area contributed by atoms with Crippen LogP contribution in [0.2, 0.25) is 0 Å². The van der Waals surface area contributed by atoms with Gasteiger partial charge in [0.2, 0.25) is 0 Å².